The van der Waals surface area contributed by atoms with Crippen molar-refractivity contribution in [2.45, 2.75) is 38.3 Å². The summed E-state index contributed by atoms with van der Waals surface area (Å²) in [7, 11) is 0. The molecule has 14 heavy (non-hydrogen) atoms. The van der Waals surface area contributed by atoms with Gasteiger partial charge in [0.1, 0.15) is 0 Å². The zero-order valence-corrected chi connectivity index (χ0v) is 9.17. The molecular formula is C11H22N2O. The molecule has 2 heterocycles. The minimum atomic E-state index is 0.447. The van der Waals surface area contributed by atoms with E-state index in [4.69, 9.17) is 4.74 Å². The molecule has 2 fully saturated rings. The lowest BCUT2D eigenvalue weighted by molar-refractivity contribution is 0.0712. The number of hydrogen-bond acceptors (Lipinski definition) is 3. The van der Waals surface area contributed by atoms with Crippen molar-refractivity contribution in [3.8, 4) is 0 Å². The Morgan fingerprint density at radius 2 is 1.93 bits per heavy atom. The lowest BCUT2D eigenvalue weighted by Crippen LogP contribution is -2.43. The van der Waals surface area contributed by atoms with Gasteiger partial charge in [0, 0.05) is 12.6 Å². The Kier molecular flexibility index (Phi) is 3.79. The Bertz CT molecular complexity index is 167. The van der Waals surface area contributed by atoms with Crippen molar-refractivity contribution in [2.75, 3.05) is 32.8 Å². The van der Waals surface area contributed by atoms with Crippen LogP contribution in [0.15, 0.2) is 0 Å². The summed E-state index contributed by atoms with van der Waals surface area (Å²) in [6, 6.07) is 0.688. The number of nitrogens with zero attached hydrogens (tertiary/aromatic N) is 1. The Hall–Kier alpha value is -0.120. The predicted molar refractivity (Wildman–Crippen MR) is 57.5 cm³/mol. The lowest BCUT2D eigenvalue weighted by Gasteiger charge is -2.32. The van der Waals surface area contributed by atoms with E-state index in [1.807, 2.05) is 0 Å². The first kappa shape index (κ1) is 10.4. The number of ether oxygens (including phenoxy) is 1. The van der Waals surface area contributed by atoms with Crippen LogP contribution in [0.25, 0.3) is 0 Å². The molecule has 0 aromatic carbocycles. The van der Waals surface area contributed by atoms with E-state index in [-0.39, 0.29) is 0 Å². The molecule has 0 amide bonds. The standard InChI is InChI=1S/C11H22N2O/c1-10-11(4-9-14-10)13-7-2-5-12-6-3-8-13/h10-12H,2-9H2,1H3. The molecule has 0 aliphatic carbocycles. The maximum absolute atomic E-state index is 5.63. The van der Waals surface area contributed by atoms with Gasteiger partial charge in [-0.05, 0) is 52.4 Å². The summed E-state index contributed by atoms with van der Waals surface area (Å²) in [4.78, 5) is 2.64. The van der Waals surface area contributed by atoms with Crippen molar-refractivity contribution in [1.82, 2.24) is 10.2 Å². The molecule has 1 N–H and O–H groups in total. The first-order chi connectivity index (χ1) is 6.88. The highest BCUT2D eigenvalue weighted by Crippen LogP contribution is 2.20. The number of hydrogen-bond donors (Lipinski definition) is 1. The van der Waals surface area contributed by atoms with E-state index in [2.05, 4.69) is 17.1 Å². The third kappa shape index (κ3) is 2.47. The third-order valence-electron chi connectivity index (χ3n) is 3.40. The van der Waals surface area contributed by atoms with Crippen molar-refractivity contribution in [1.29, 1.82) is 0 Å². The van der Waals surface area contributed by atoms with Crippen molar-refractivity contribution < 1.29 is 4.74 Å². The first-order valence-electron chi connectivity index (χ1n) is 5.94. The predicted octanol–water partition coefficient (Wildman–Crippen LogP) is 0.849. The number of nitrogens with one attached hydrogen (secondary N) is 1. The molecule has 2 aliphatic heterocycles. The van der Waals surface area contributed by atoms with Crippen molar-refractivity contribution in [3.05, 3.63) is 0 Å². The van der Waals surface area contributed by atoms with Gasteiger partial charge in [0.25, 0.3) is 0 Å². The van der Waals surface area contributed by atoms with Gasteiger partial charge < -0.3 is 10.1 Å². The highest BCUT2D eigenvalue weighted by molar-refractivity contribution is 4.83. The molecule has 3 nitrogen and oxygen atoms in total. The molecule has 0 bridgehead atoms. The average Bonchev–Trinajstić information content (AvgIpc) is 2.51. The fraction of sp³-hybridized carbons (Fsp3) is 1.00. The summed E-state index contributed by atoms with van der Waals surface area (Å²) < 4.78 is 5.63. The van der Waals surface area contributed by atoms with Crippen LogP contribution in [0.2, 0.25) is 0 Å². The largest absolute Gasteiger partial charge is 0.377 e. The summed E-state index contributed by atoms with van der Waals surface area (Å²) in [6.07, 6.45) is 4.24. The topological polar surface area (TPSA) is 24.5 Å². The van der Waals surface area contributed by atoms with E-state index in [1.54, 1.807) is 0 Å². The van der Waals surface area contributed by atoms with Crippen LogP contribution in [-0.2, 0) is 4.74 Å². The summed E-state index contributed by atoms with van der Waals surface area (Å²) >= 11 is 0. The fourth-order valence-corrected chi connectivity index (χ4v) is 2.58. The minimum Gasteiger partial charge on any atom is -0.377 e. The Balaban J connectivity index is 1.86. The molecule has 82 valence electrons. The van der Waals surface area contributed by atoms with Crippen LogP contribution in [-0.4, -0.2) is 49.8 Å². The minimum absolute atomic E-state index is 0.447. The van der Waals surface area contributed by atoms with Crippen LogP contribution in [0.1, 0.15) is 26.2 Å². The van der Waals surface area contributed by atoms with Crippen LogP contribution < -0.4 is 5.32 Å². The van der Waals surface area contributed by atoms with Crippen LogP contribution in [0.3, 0.4) is 0 Å². The maximum Gasteiger partial charge on any atom is 0.0703 e. The Morgan fingerprint density at radius 1 is 1.21 bits per heavy atom. The van der Waals surface area contributed by atoms with Gasteiger partial charge in [0.15, 0.2) is 0 Å². The van der Waals surface area contributed by atoms with Gasteiger partial charge in [-0.15, -0.1) is 0 Å². The molecule has 0 aromatic rings. The lowest BCUT2D eigenvalue weighted by atomic mass is 10.1. The molecule has 2 rings (SSSR count). The Labute approximate surface area is 86.8 Å². The van der Waals surface area contributed by atoms with Gasteiger partial charge in [-0.1, -0.05) is 0 Å². The highest BCUT2D eigenvalue weighted by atomic mass is 16.5. The van der Waals surface area contributed by atoms with E-state index in [0.717, 1.165) is 6.61 Å². The summed E-state index contributed by atoms with van der Waals surface area (Å²) in [5.41, 5.74) is 0. The van der Waals surface area contributed by atoms with E-state index < -0.39 is 0 Å². The molecule has 2 atom stereocenters. The van der Waals surface area contributed by atoms with E-state index in [1.165, 1.54) is 45.4 Å². The molecule has 3 heteroatoms. The van der Waals surface area contributed by atoms with Crippen molar-refractivity contribution >= 4 is 0 Å². The van der Waals surface area contributed by atoms with Crippen LogP contribution in [0.4, 0.5) is 0 Å². The molecule has 2 aliphatic rings. The normalized spacial score (nSPS) is 36.6. The molecule has 2 unspecified atom stereocenters. The van der Waals surface area contributed by atoms with Crippen LogP contribution in [0.5, 0.6) is 0 Å². The second kappa shape index (κ2) is 5.10. The average molecular weight is 198 g/mol. The summed E-state index contributed by atoms with van der Waals surface area (Å²) in [5.74, 6) is 0. The molecule has 0 spiro atoms. The van der Waals surface area contributed by atoms with E-state index >= 15 is 0 Å². The van der Waals surface area contributed by atoms with E-state index in [9.17, 15) is 0 Å². The van der Waals surface area contributed by atoms with Gasteiger partial charge in [-0.3, -0.25) is 4.90 Å². The van der Waals surface area contributed by atoms with Crippen LogP contribution in [0, 0.1) is 0 Å². The first-order valence-corrected chi connectivity index (χ1v) is 5.94. The second-order valence-electron chi connectivity index (χ2n) is 4.43. The highest BCUT2D eigenvalue weighted by Gasteiger charge is 2.29. The zero-order valence-electron chi connectivity index (χ0n) is 9.17. The van der Waals surface area contributed by atoms with Gasteiger partial charge in [0.2, 0.25) is 0 Å². The van der Waals surface area contributed by atoms with Crippen molar-refractivity contribution in [2.24, 2.45) is 0 Å². The maximum atomic E-state index is 5.63. The summed E-state index contributed by atoms with van der Waals surface area (Å²) in [5, 5.41) is 3.45. The molecule has 0 radical (unpaired) electrons. The summed E-state index contributed by atoms with van der Waals surface area (Å²) in [6.45, 7) is 8.02. The number of rotatable bonds is 1. The SMILES string of the molecule is CC1OCCC1N1CCCNCCC1. The van der Waals surface area contributed by atoms with Crippen LogP contribution >= 0.6 is 0 Å². The monoisotopic (exact) mass is 198 g/mol. The fourth-order valence-electron chi connectivity index (χ4n) is 2.58. The molecular weight excluding hydrogens is 176 g/mol. The zero-order chi connectivity index (χ0) is 9.80. The molecule has 0 saturated carbocycles. The molecule has 0 aromatic heterocycles. The Morgan fingerprint density at radius 3 is 2.50 bits per heavy atom. The smallest absolute Gasteiger partial charge is 0.0703 e. The van der Waals surface area contributed by atoms with Gasteiger partial charge in [-0.2, -0.15) is 0 Å². The van der Waals surface area contributed by atoms with Gasteiger partial charge >= 0.3 is 0 Å². The quantitative estimate of drug-likeness (QED) is 0.676. The van der Waals surface area contributed by atoms with Gasteiger partial charge in [0.05, 0.1) is 6.10 Å². The van der Waals surface area contributed by atoms with E-state index in [0.29, 0.717) is 12.1 Å². The molecule has 2 saturated heterocycles. The van der Waals surface area contributed by atoms with Crippen molar-refractivity contribution in [3.63, 3.8) is 0 Å². The second-order valence-corrected chi connectivity index (χ2v) is 4.43. The third-order valence-corrected chi connectivity index (χ3v) is 3.40. The van der Waals surface area contributed by atoms with Gasteiger partial charge in [-0.25, -0.2) is 0 Å².